The minimum Gasteiger partial charge on any atom is -0.357 e. The number of guanidine groups is 1. The molecule has 0 amide bonds. The maximum Gasteiger partial charge on any atom is 0.191 e. The molecule has 0 saturated carbocycles. The van der Waals surface area contributed by atoms with Gasteiger partial charge in [0, 0.05) is 50.4 Å². The van der Waals surface area contributed by atoms with Crippen LogP contribution in [0.4, 0.5) is 10.2 Å². The zero-order valence-electron chi connectivity index (χ0n) is 18.5. The highest BCUT2D eigenvalue weighted by Crippen LogP contribution is 2.18. The smallest absolute Gasteiger partial charge is 0.191 e. The van der Waals surface area contributed by atoms with E-state index in [2.05, 4.69) is 56.5 Å². The van der Waals surface area contributed by atoms with E-state index in [9.17, 15) is 4.39 Å². The Labute approximate surface area is 189 Å². The highest BCUT2D eigenvalue weighted by Gasteiger charge is 2.14. The third-order valence-electron chi connectivity index (χ3n) is 5.10. The van der Waals surface area contributed by atoms with Crippen LogP contribution in [0.1, 0.15) is 18.9 Å². The average Bonchev–Trinajstić information content (AvgIpc) is 2.79. The molecule has 0 atom stereocenters. The van der Waals surface area contributed by atoms with Gasteiger partial charge in [-0.1, -0.05) is 6.07 Å². The second-order valence-corrected chi connectivity index (χ2v) is 8.76. The molecule has 2 heterocycles. The Balaban J connectivity index is 1.41. The van der Waals surface area contributed by atoms with E-state index < -0.39 is 0 Å². The van der Waals surface area contributed by atoms with Crippen LogP contribution in [0.2, 0.25) is 0 Å². The summed E-state index contributed by atoms with van der Waals surface area (Å²) in [6.45, 7) is 8.51. The molecule has 0 spiro atoms. The molecule has 8 heteroatoms. The van der Waals surface area contributed by atoms with Crippen molar-refractivity contribution in [3.05, 3.63) is 54.0 Å². The fraction of sp³-hybridized carbons (Fsp3) is 0.478. The lowest BCUT2D eigenvalue weighted by Crippen LogP contribution is -2.44. The lowest BCUT2D eigenvalue weighted by molar-refractivity contribution is 0.312. The first kappa shape index (κ1) is 23.3. The standard InChI is InChI=1S/C23H33FN6S/c1-3-25-23(26-11-4-16-31-21-8-6-20(24)7-9-21)28-18-19-5-10-22(27-17-19)30-14-12-29(2)13-15-30/h5-10,17H,3-4,11-16,18H2,1-2H3,(H2,25,26,28). The third-order valence-corrected chi connectivity index (χ3v) is 6.19. The van der Waals surface area contributed by atoms with Gasteiger partial charge in [0.2, 0.25) is 0 Å². The second-order valence-electron chi connectivity index (χ2n) is 7.59. The van der Waals surface area contributed by atoms with E-state index in [1.807, 2.05) is 18.3 Å². The molecule has 168 valence electrons. The number of aliphatic imine (C=N–C) groups is 1. The van der Waals surface area contributed by atoms with Gasteiger partial charge in [0.1, 0.15) is 11.6 Å². The van der Waals surface area contributed by atoms with E-state index in [1.54, 1.807) is 11.8 Å². The van der Waals surface area contributed by atoms with Crippen molar-refractivity contribution in [2.24, 2.45) is 4.99 Å². The first-order valence-corrected chi connectivity index (χ1v) is 11.9. The minimum atomic E-state index is -0.193. The van der Waals surface area contributed by atoms with Gasteiger partial charge in [0.25, 0.3) is 0 Å². The molecule has 6 nitrogen and oxygen atoms in total. The van der Waals surface area contributed by atoms with Crippen LogP contribution in [-0.4, -0.2) is 67.9 Å². The molecule has 3 rings (SSSR count). The molecule has 2 N–H and O–H groups in total. The molecule has 0 aliphatic carbocycles. The van der Waals surface area contributed by atoms with Gasteiger partial charge in [-0.25, -0.2) is 14.4 Å². The summed E-state index contributed by atoms with van der Waals surface area (Å²) in [7, 11) is 2.16. The summed E-state index contributed by atoms with van der Waals surface area (Å²) in [5, 5.41) is 6.68. The van der Waals surface area contributed by atoms with Crippen molar-refractivity contribution < 1.29 is 4.39 Å². The Morgan fingerprint density at radius 3 is 2.55 bits per heavy atom. The number of anilines is 1. The summed E-state index contributed by atoms with van der Waals surface area (Å²) in [6.07, 6.45) is 2.92. The second kappa shape index (κ2) is 12.5. The quantitative estimate of drug-likeness (QED) is 0.268. The van der Waals surface area contributed by atoms with Crippen molar-refractivity contribution in [3.63, 3.8) is 0 Å². The molecular formula is C23H33FN6S. The Bertz CT molecular complexity index is 804. The van der Waals surface area contributed by atoms with Crippen LogP contribution in [0.15, 0.2) is 52.5 Å². The Morgan fingerprint density at radius 2 is 1.87 bits per heavy atom. The van der Waals surface area contributed by atoms with Crippen molar-refractivity contribution in [2.75, 3.05) is 57.0 Å². The number of piperazine rings is 1. The van der Waals surface area contributed by atoms with Crippen LogP contribution < -0.4 is 15.5 Å². The van der Waals surface area contributed by atoms with Crippen molar-refractivity contribution in [1.82, 2.24) is 20.5 Å². The highest BCUT2D eigenvalue weighted by molar-refractivity contribution is 7.99. The molecule has 0 radical (unpaired) electrons. The summed E-state index contributed by atoms with van der Waals surface area (Å²) < 4.78 is 13.0. The lowest BCUT2D eigenvalue weighted by atomic mass is 10.2. The number of pyridine rings is 1. The number of benzene rings is 1. The number of thioether (sulfide) groups is 1. The van der Waals surface area contributed by atoms with Gasteiger partial charge >= 0.3 is 0 Å². The van der Waals surface area contributed by atoms with Gasteiger partial charge < -0.3 is 20.4 Å². The molecule has 1 fully saturated rings. The molecule has 1 aromatic heterocycles. The Hall–Kier alpha value is -2.32. The predicted molar refractivity (Wildman–Crippen MR) is 129 cm³/mol. The lowest BCUT2D eigenvalue weighted by Gasteiger charge is -2.33. The van der Waals surface area contributed by atoms with E-state index in [0.29, 0.717) is 6.54 Å². The highest BCUT2D eigenvalue weighted by atomic mass is 32.2. The van der Waals surface area contributed by atoms with Gasteiger partial charge in [-0.3, -0.25) is 0 Å². The largest absolute Gasteiger partial charge is 0.357 e. The summed E-state index contributed by atoms with van der Waals surface area (Å²) in [5.74, 6) is 2.64. The first-order valence-electron chi connectivity index (χ1n) is 10.9. The summed E-state index contributed by atoms with van der Waals surface area (Å²) >= 11 is 1.74. The number of hydrogen-bond donors (Lipinski definition) is 2. The number of nitrogens with zero attached hydrogens (tertiary/aromatic N) is 4. The third kappa shape index (κ3) is 8.03. The number of hydrogen-bond acceptors (Lipinski definition) is 5. The topological polar surface area (TPSA) is 55.8 Å². The summed E-state index contributed by atoms with van der Waals surface area (Å²) in [5.41, 5.74) is 1.10. The van der Waals surface area contributed by atoms with Gasteiger partial charge in [-0.15, -0.1) is 11.8 Å². The number of likely N-dealkylation sites (N-methyl/N-ethyl adjacent to an activating group) is 1. The van der Waals surface area contributed by atoms with Crippen LogP contribution in [0.5, 0.6) is 0 Å². The van der Waals surface area contributed by atoms with Crippen molar-refractivity contribution >= 4 is 23.5 Å². The van der Waals surface area contributed by atoms with Crippen LogP contribution in [0, 0.1) is 5.82 Å². The van der Waals surface area contributed by atoms with Crippen LogP contribution in [-0.2, 0) is 6.54 Å². The molecule has 0 unspecified atom stereocenters. The van der Waals surface area contributed by atoms with Gasteiger partial charge in [0.15, 0.2) is 5.96 Å². The van der Waals surface area contributed by atoms with E-state index in [1.165, 1.54) is 12.1 Å². The summed E-state index contributed by atoms with van der Waals surface area (Å²) in [4.78, 5) is 15.1. The zero-order chi connectivity index (χ0) is 21.9. The molecule has 1 saturated heterocycles. The van der Waals surface area contributed by atoms with Crippen molar-refractivity contribution in [3.8, 4) is 0 Å². The van der Waals surface area contributed by atoms with Crippen LogP contribution in [0.25, 0.3) is 0 Å². The van der Waals surface area contributed by atoms with Crippen molar-refractivity contribution in [2.45, 2.75) is 24.8 Å². The van der Waals surface area contributed by atoms with Crippen LogP contribution >= 0.6 is 11.8 Å². The number of halogens is 1. The normalized spacial score (nSPS) is 15.2. The molecule has 1 aromatic carbocycles. The fourth-order valence-electron chi connectivity index (χ4n) is 3.24. The van der Waals surface area contributed by atoms with E-state index in [0.717, 1.165) is 73.7 Å². The van der Waals surface area contributed by atoms with Crippen LogP contribution in [0.3, 0.4) is 0 Å². The zero-order valence-corrected chi connectivity index (χ0v) is 19.3. The van der Waals surface area contributed by atoms with Crippen molar-refractivity contribution in [1.29, 1.82) is 0 Å². The van der Waals surface area contributed by atoms with Gasteiger partial charge in [-0.05, 0) is 62.0 Å². The molecule has 31 heavy (non-hydrogen) atoms. The van der Waals surface area contributed by atoms with Gasteiger partial charge in [0.05, 0.1) is 6.54 Å². The Morgan fingerprint density at radius 1 is 1.10 bits per heavy atom. The molecule has 1 aliphatic heterocycles. The van der Waals surface area contributed by atoms with E-state index in [4.69, 9.17) is 0 Å². The Kier molecular flexibility index (Phi) is 9.42. The summed E-state index contributed by atoms with van der Waals surface area (Å²) in [6, 6.07) is 10.9. The fourth-order valence-corrected chi connectivity index (χ4v) is 4.10. The first-order chi connectivity index (χ1) is 15.1. The average molecular weight is 445 g/mol. The molecular weight excluding hydrogens is 411 g/mol. The monoisotopic (exact) mass is 444 g/mol. The maximum atomic E-state index is 13.0. The predicted octanol–water partition coefficient (Wildman–Crippen LogP) is 3.21. The SMILES string of the molecule is CCNC(=NCc1ccc(N2CCN(C)CC2)nc1)NCCCSc1ccc(F)cc1. The molecule has 0 bridgehead atoms. The minimum absolute atomic E-state index is 0.193. The maximum absolute atomic E-state index is 13.0. The molecule has 2 aromatic rings. The molecule has 1 aliphatic rings. The van der Waals surface area contributed by atoms with E-state index in [-0.39, 0.29) is 5.82 Å². The van der Waals surface area contributed by atoms with E-state index >= 15 is 0 Å². The number of aromatic nitrogens is 1. The number of rotatable bonds is 9. The van der Waals surface area contributed by atoms with Gasteiger partial charge in [-0.2, -0.15) is 0 Å². The number of nitrogens with one attached hydrogen (secondary N) is 2.